The quantitative estimate of drug-likeness (QED) is 0.632. The predicted octanol–water partition coefficient (Wildman–Crippen LogP) is 0.601. The third kappa shape index (κ3) is 2.58. The average molecular weight is 268 g/mol. The lowest BCUT2D eigenvalue weighted by atomic mass is 9.97. The highest BCUT2D eigenvalue weighted by Gasteiger charge is 2.32. The van der Waals surface area contributed by atoms with Gasteiger partial charge in [0.15, 0.2) is 0 Å². The maximum atomic E-state index is 11.2. The van der Waals surface area contributed by atoms with Crippen LogP contribution in [-0.4, -0.2) is 46.3 Å². The molecule has 0 amide bonds. The molecule has 1 fully saturated rings. The first-order valence-corrected chi connectivity index (χ1v) is 6.01. The standard InChI is InChI=1S/C11H16N4O4/c1-7-5-14(4-3-8(7)16)10-9(15(17)18)11(19-2)13-6-12-10/h6-8,16H,3-5H2,1-2H3. The molecule has 1 N–H and O–H groups in total. The fraction of sp³-hybridized carbons (Fsp3) is 0.636. The van der Waals surface area contributed by atoms with E-state index in [9.17, 15) is 15.2 Å². The molecule has 0 aromatic carbocycles. The smallest absolute Gasteiger partial charge is 0.372 e. The van der Waals surface area contributed by atoms with Crippen molar-refractivity contribution in [1.82, 2.24) is 9.97 Å². The molecule has 2 unspecified atom stereocenters. The molecule has 19 heavy (non-hydrogen) atoms. The molecule has 0 bridgehead atoms. The molecule has 0 aliphatic carbocycles. The van der Waals surface area contributed by atoms with Gasteiger partial charge in [0.2, 0.25) is 5.82 Å². The summed E-state index contributed by atoms with van der Waals surface area (Å²) in [5.74, 6) is 0.235. The van der Waals surface area contributed by atoms with Gasteiger partial charge in [0, 0.05) is 13.1 Å². The Morgan fingerprint density at radius 2 is 2.32 bits per heavy atom. The minimum absolute atomic E-state index is 0.0364. The lowest BCUT2D eigenvalue weighted by molar-refractivity contribution is -0.385. The Bertz CT molecular complexity index is 482. The summed E-state index contributed by atoms with van der Waals surface area (Å²) in [7, 11) is 1.34. The zero-order chi connectivity index (χ0) is 14.0. The molecule has 0 radical (unpaired) electrons. The second kappa shape index (κ2) is 5.35. The van der Waals surface area contributed by atoms with Crippen LogP contribution in [0.25, 0.3) is 0 Å². The van der Waals surface area contributed by atoms with Gasteiger partial charge in [-0.25, -0.2) is 4.98 Å². The van der Waals surface area contributed by atoms with Crippen LogP contribution in [0.15, 0.2) is 6.33 Å². The van der Waals surface area contributed by atoms with Gasteiger partial charge in [0.05, 0.1) is 18.1 Å². The van der Waals surface area contributed by atoms with Crippen molar-refractivity contribution >= 4 is 11.5 Å². The highest BCUT2D eigenvalue weighted by molar-refractivity contribution is 5.62. The monoisotopic (exact) mass is 268 g/mol. The summed E-state index contributed by atoms with van der Waals surface area (Å²) < 4.78 is 4.92. The Balaban J connectivity index is 2.37. The van der Waals surface area contributed by atoms with E-state index < -0.39 is 4.92 Å². The Morgan fingerprint density at radius 3 is 2.89 bits per heavy atom. The molecule has 1 saturated heterocycles. The van der Waals surface area contributed by atoms with Gasteiger partial charge in [-0.05, 0) is 12.3 Å². The van der Waals surface area contributed by atoms with Crippen LogP contribution < -0.4 is 9.64 Å². The fourth-order valence-corrected chi connectivity index (χ4v) is 2.22. The van der Waals surface area contributed by atoms with Crippen LogP contribution in [0.3, 0.4) is 0 Å². The molecule has 104 valence electrons. The molecule has 1 aromatic heterocycles. The number of anilines is 1. The number of aromatic nitrogens is 2. The minimum Gasteiger partial charge on any atom is -0.476 e. The molecule has 2 rings (SSSR count). The minimum atomic E-state index is -0.538. The van der Waals surface area contributed by atoms with E-state index in [0.29, 0.717) is 19.5 Å². The van der Waals surface area contributed by atoms with Gasteiger partial charge < -0.3 is 14.7 Å². The zero-order valence-corrected chi connectivity index (χ0v) is 10.8. The number of aliphatic hydroxyl groups is 1. The molecule has 0 saturated carbocycles. The van der Waals surface area contributed by atoms with Gasteiger partial charge in [-0.2, -0.15) is 4.98 Å². The first-order valence-electron chi connectivity index (χ1n) is 6.01. The van der Waals surface area contributed by atoms with Gasteiger partial charge in [-0.3, -0.25) is 10.1 Å². The van der Waals surface area contributed by atoms with E-state index in [1.54, 1.807) is 4.90 Å². The van der Waals surface area contributed by atoms with E-state index >= 15 is 0 Å². The number of piperidine rings is 1. The molecule has 1 aliphatic heterocycles. The van der Waals surface area contributed by atoms with Crippen LogP contribution in [0.1, 0.15) is 13.3 Å². The molecular formula is C11H16N4O4. The van der Waals surface area contributed by atoms with Crippen molar-refractivity contribution in [2.45, 2.75) is 19.4 Å². The summed E-state index contributed by atoms with van der Waals surface area (Å²) in [4.78, 5) is 20.2. The molecule has 8 nitrogen and oxygen atoms in total. The summed E-state index contributed by atoms with van der Waals surface area (Å²) in [6.45, 7) is 2.94. The molecule has 2 atom stereocenters. The number of nitrogens with zero attached hydrogens (tertiary/aromatic N) is 4. The third-order valence-electron chi connectivity index (χ3n) is 3.30. The van der Waals surface area contributed by atoms with Crippen LogP contribution in [0.2, 0.25) is 0 Å². The van der Waals surface area contributed by atoms with E-state index in [1.807, 2.05) is 6.92 Å². The van der Waals surface area contributed by atoms with Crippen molar-refractivity contribution in [2.75, 3.05) is 25.1 Å². The second-order valence-electron chi connectivity index (χ2n) is 4.59. The topological polar surface area (TPSA) is 102 Å². The number of nitro groups is 1. The number of ether oxygens (including phenoxy) is 1. The Morgan fingerprint density at radius 1 is 1.58 bits per heavy atom. The van der Waals surface area contributed by atoms with Crippen LogP contribution >= 0.6 is 0 Å². The van der Waals surface area contributed by atoms with E-state index in [-0.39, 0.29) is 29.4 Å². The molecule has 2 heterocycles. The highest BCUT2D eigenvalue weighted by Crippen LogP contribution is 2.35. The van der Waals surface area contributed by atoms with Gasteiger partial charge in [0.1, 0.15) is 6.33 Å². The first kappa shape index (κ1) is 13.5. The fourth-order valence-electron chi connectivity index (χ4n) is 2.22. The lowest BCUT2D eigenvalue weighted by Gasteiger charge is -2.34. The first-order chi connectivity index (χ1) is 9.04. The molecule has 1 aromatic rings. The summed E-state index contributed by atoms with van der Waals surface area (Å²) in [6, 6.07) is 0. The average Bonchev–Trinajstić information content (AvgIpc) is 2.40. The largest absolute Gasteiger partial charge is 0.476 e. The number of hydrogen-bond acceptors (Lipinski definition) is 7. The Hall–Kier alpha value is -1.96. The number of aliphatic hydroxyl groups excluding tert-OH is 1. The normalized spacial score (nSPS) is 23.2. The predicted molar refractivity (Wildman–Crippen MR) is 67.2 cm³/mol. The Labute approximate surface area is 110 Å². The highest BCUT2D eigenvalue weighted by atomic mass is 16.6. The maximum absolute atomic E-state index is 11.2. The number of methoxy groups -OCH3 is 1. The summed E-state index contributed by atoms with van der Waals surface area (Å²) in [5.41, 5.74) is -0.228. The van der Waals surface area contributed by atoms with Crippen LogP contribution in [0, 0.1) is 16.0 Å². The summed E-state index contributed by atoms with van der Waals surface area (Å²) in [5, 5.41) is 20.9. The molecule has 8 heteroatoms. The van der Waals surface area contributed by atoms with Crippen molar-refractivity contribution in [1.29, 1.82) is 0 Å². The van der Waals surface area contributed by atoms with Gasteiger partial charge >= 0.3 is 5.69 Å². The van der Waals surface area contributed by atoms with Gasteiger partial charge in [-0.15, -0.1) is 0 Å². The van der Waals surface area contributed by atoms with E-state index in [4.69, 9.17) is 4.74 Å². The van der Waals surface area contributed by atoms with Gasteiger partial charge in [-0.1, -0.05) is 6.92 Å². The van der Waals surface area contributed by atoms with Gasteiger partial charge in [0.25, 0.3) is 5.88 Å². The molecule has 1 aliphatic rings. The number of hydrogen-bond donors (Lipinski definition) is 1. The molecular weight excluding hydrogens is 252 g/mol. The molecule has 0 spiro atoms. The second-order valence-corrected chi connectivity index (χ2v) is 4.59. The SMILES string of the molecule is COc1ncnc(N2CCC(O)C(C)C2)c1[N+](=O)[O-]. The van der Waals surface area contributed by atoms with Crippen molar-refractivity contribution in [3.8, 4) is 5.88 Å². The summed E-state index contributed by atoms with van der Waals surface area (Å²) in [6.07, 6.45) is 1.43. The van der Waals surface area contributed by atoms with Crippen LogP contribution in [0.4, 0.5) is 11.5 Å². The third-order valence-corrected chi connectivity index (χ3v) is 3.30. The van der Waals surface area contributed by atoms with Crippen LogP contribution in [0.5, 0.6) is 5.88 Å². The lowest BCUT2D eigenvalue weighted by Crippen LogP contribution is -2.42. The van der Waals surface area contributed by atoms with Crippen molar-refractivity contribution in [2.24, 2.45) is 5.92 Å². The Kier molecular flexibility index (Phi) is 3.79. The number of rotatable bonds is 3. The van der Waals surface area contributed by atoms with E-state index in [1.165, 1.54) is 13.4 Å². The summed E-state index contributed by atoms with van der Waals surface area (Å²) >= 11 is 0. The maximum Gasteiger partial charge on any atom is 0.372 e. The van der Waals surface area contributed by atoms with Crippen LogP contribution in [-0.2, 0) is 0 Å². The van der Waals surface area contributed by atoms with Crippen molar-refractivity contribution in [3.63, 3.8) is 0 Å². The van der Waals surface area contributed by atoms with Crippen molar-refractivity contribution < 1.29 is 14.8 Å². The van der Waals surface area contributed by atoms with Crippen molar-refractivity contribution in [3.05, 3.63) is 16.4 Å². The van der Waals surface area contributed by atoms with E-state index in [0.717, 1.165) is 0 Å². The van der Waals surface area contributed by atoms with E-state index in [2.05, 4.69) is 9.97 Å². The zero-order valence-electron chi connectivity index (χ0n) is 10.8.